The van der Waals surface area contributed by atoms with Crippen molar-refractivity contribution in [1.29, 1.82) is 0 Å². The molecule has 0 spiro atoms. The Kier molecular flexibility index (Phi) is 5.71. The molecule has 0 bridgehead atoms. The van der Waals surface area contributed by atoms with E-state index in [4.69, 9.17) is 0 Å². The Morgan fingerprint density at radius 2 is 1.53 bits per heavy atom. The molecule has 0 heterocycles. The van der Waals surface area contributed by atoms with Crippen LogP contribution in [0.15, 0.2) is 22.7 Å². The summed E-state index contributed by atoms with van der Waals surface area (Å²) in [4.78, 5) is 0. The second kappa shape index (κ2) is 5.99. The Morgan fingerprint density at radius 1 is 1.07 bits per heavy atom. The smallest absolute Gasteiger partial charge is 0.214 e. The van der Waals surface area contributed by atoms with Gasteiger partial charge in [0.1, 0.15) is 5.82 Å². The molecule has 15 heavy (non-hydrogen) atoms. The van der Waals surface area contributed by atoms with Crippen molar-refractivity contribution in [1.82, 2.24) is 0 Å². The molecule has 1 rings (SSSR count). The lowest BCUT2D eigenvalue weighted by molar-refractivity contribution is -0.137. The van der Waals surface area contributed by atoms with Gasteiger partial charge in [-0.2, -0.15) is 13.2 Å². The minimum absolute atomic E-state index is 0.0785. The number of alkyl halides is 5. The van der Waals surface area contributed by atoms with E-state index >= 15 is 0 Å². The molecule has 0 saturated carbocycles. The van der Waals surface area contributed by atoms with Crippen LogP contribution in [-0.4, -0.2) is 6.93 Å². The third-order valence-corrected chi connectivity index (χ3v) is 1.65. The lowest BCUT2D eigenvalue weighted by atomic mass is 10.2. The second-order valence-corrected chi connectivity index (χ2v) is 3.17. The van der Waals surface area contributed by atoms with Crippen LogP contribution in [0.25, 0.3) is 0 Å². The first-order valence-corrected chi connectivity index (χ1v) is 4.25. The van der Waals surface area contributed by atoms with Crippen molar-refractivity contribution < 1.29 is 26.3 Å². The molecule has 0 aliphatic rings. The van der Waals surface area contributed by atoms with Gasteiger partial charge < -0.3 is 0 Å². The van der Waals surface area contributed by atoms with Gasteiger partial charge in [0.25, 0.3) is 0 Å². The predicted molar refractivity (Wildman–Crippen MR) is 46.2 cm³/mol. The Morgan fingerprint density at radius 3 is 1.87 bits per heavy atom. The largest absolute Gasteiger partial charge is 0.416 e. The summed E-state index contributed by atoms with van der Waals surface area (Å²) >= 11 is 2.77. The third kappa shape index (κ3) is 5.66. The van der Waals surface area contributed by atoms with Crippen LogP contribution in [0.2, 0.25) is 0 Å². The minimum Gasteiger partial charge on any atom is -0.214 e. The van der Waals surface area contributed by atoms with E-state index in [1.807, 2.05) is 0 Å². The fraction of sp³-hybridized carbons (Fsp3) is 0.250. The monoisotopic (exact) mass is 294 g/mol. The summed E-state index contributed by atoms with van der Waals surface area (Å²) in [7, 11) is 0. The average molecular weight is 295 g/mol. The Balaban J connectivity index is 0.000000583. The van der Waals surface area contributed by atoms with Crippen LogP contribution in [-0.2, 0) is 6.18 Å². The molecule has 0 unspecified atom stereocenters. The van der Waals surface area contributed by atoms with Gasteiger partial charge in [0.2, 0.25) is 6.93 Å². The lowest BCUT2D eigenvalue weighted by Crippen LogP contribution is -2.05. The molecule has 0 N–H and O–H groups in total. The second-order valence-electron chi connectivity index (χ2n) is 2.26. The van der Waals surface area contributed by atoms with Crippen molar-refractivity contribution in [2.45, 2.75) is 6.18 Å². The van der Waals surface area contributed by atoms with E-state index in [-0.39, 0.29) is 4.47 Å². The molecule has 0 amide bonds. The summed E-state index contributed by atoms with van der Waals surface area (Å²) in [6.45, 7) is -1.75. The lowest BCUT2D eigenvalue weighted by Gasteiger charge is -2.06. The van der Waals surface area contributed by atoms with E-state index in [1.165, 1.54) is 0 Å². The van der Waals surface area contributed by atoms with Gasteiger partial charge in [-0.25, -0.2) is 13.2 Å². The van der Waals surface area contributed by atoms with Gasteiger partial charge in [0.15, 0.2) is 0 Å². The fourth-order valence-electron chi connectivity index (χ4n) is 0.717. The van der Waals surface area contributed by atoms with Crippen molar-refractivity contribution in [2.24, 2.45) is 0 Å². The average Bonchev–Trinajstić information content (AvgIpc) is 2.01. The van der Waals surface area contributed by atoms with Crippen molar-refractivity contribution >= 4 is 15.9 Å². The molecule has 1 aromatic rings. The first-order chi connectivity index (χ1) is 6.81. The van der Waals surface area contributed by atoms with Gasteiger partial charge in [0, 0.05) is 4.47 Å². The fourth-order valence-corrected chi connectivity index (χ4v) is 1.18. The number of rotatable bonds is 0. The summed E-state index contributed by atoms with van der Waals surface area (Å²) in [5.74, 6) is -0.906. The minimum atomic E-state index is -4.50. The highest BCUT2D eigenvalue weighted by molar-refractivity contribution is 9.10. The summed E-state index contributed by atoms with van der Waals surface area (Å²) < 4.78 is 67.6. The Labute approximate surface area is 90.0 Å². The quantitative estimate of drug-likeness (QED) is 0.619. The molecule has 0 fully saturated rings. The van der Waals surface area contributed by atoms with Crippen LogP contribution in [0.1, 0.15) is 5.56 Å². The van der Waals surface area contributed by atoms with E-state index in [0.29, 0.717) is 6.07 Å². The van der Waals surface area contributed by atoms with Crippen molar-refractivity contribution in [3.8, 4) is 0 Å². The molecule has 0 aliphatic heterocycles. The van der Waals surface area contributed by atoms with E-state index in [9.17, 15) is 26.3 Å². The van der Waals surface area contributed by atoms with Crippen LogP contribution >= 0.6 is 15.9 Å². The SMILES string of the molecule is FCF.Fc1cc(Br)cc(C(F)(F)F)c1. The zero-order valence-electron chi connectivity index (χ0n) is 7.08. The van der Waals surface area contributed by atoms with E-state index in [1.54, 1.807) is 0 Å². The van der Waals surface area contributed by atoms with Gasteiger partial charge >= 0.3 is 6.18 Å². The summed E-state index contributed by atoms with van der Waals surface area (Å²) in [6.07, 6.45) is -4.50. The van der Waals surface area contributed by atoms with E-state index < -0.39 is 24.5 Å². The van der Waals surface area contributed by atoms with Gasteiger partial charge in [-0.3, -0.25) is 0 Å². The highest BCUT2D eigenvalue weighted by atomic mass is 79.9. The number of benzene rings is 1. The third-order valence-electron chi connectivity index (χ3n) is 1.19. The van der Waals surface area contributed by atoms with E-state index in [0.717, 1.165) is 12.1 Å². The van der Waals surface area contributed by atoms with Crippen LogP contribution in [0.5, 0.6) is 0 Å². The van der Waals surface area contributed by atoms with Gasteiger partial charge in [-0.15, -0.1) is 0 Å². The Hall–Kier alpha value is -0.720. The molecule has 0 atom stereocenters. The maximum Gasteiger partial charge on any atom is 0.416 e. The molecule has 0 aromatic heterocycles. The predicted octanol–water partition coefficient (Wildman–Crippen LogP) is 4.49. The molecule has 7 heteroatoms. The normalized spacial score (nSPS) is 10.6. The first kappa shape index (κ1) is 14.3. The molecular weight excluding hydrogens is 290 g/mol. The highest BCUT2D eigenvalue weighted by Crippen LogP contribution is 2.31. The highest BCUT2D eigenvalue weighted by Gasteiger charge is 2.31. The molecule has 0 radical (unpaired) electrons. The van der Waals surface area contributed by atoms with Crippen molar-refractivity contribution in [2.75, 3.05) is 6.93 Å². The van der Waals surface area contributed by atoms with Crippen LogP contribution in [0.3, 0.4) is 0 Å². The molecule has 0 nitrogen and oxygen atoms in total. The van der Waals surface area contributed by atoms with Crippen molar-refractivity contribution in [3.63, 3.8) is 0 Å². The van der Waals surface area contributed by atoms with Crippen LogP contribution < -0.4 is 0 Å². The number of halogens is 7. The maximum absolute atomic E-state index is 12.4. The molecule has 1 aromatic carbocycles. The van der Waals surface area contributed by atoms with Crippen molar-refractivity contribution in [3.05, 3.63) is 34.1 Å². The topological polar surface area (TPSA) is 0 Å². The maximum atomic E-state index is 12.4. The molecular formula is C8H5BrF6. The summed E-state index contributed by atoms with van der Waals surface area (Å²) in [6, 6.07) is 2.24. The van der Waals surface area contributed by atoms with Gasteiger partial charge in [-0.1, -0.05) is 15.9 Å². The van der Waals surface area contributed by atoms with Gasteiger partial charge in [-0.05, 0) is 18.2 Å². The number of hydrogen-bond donors (Lipinski definition) is 0. The molecule has 0 aliphatic carbocycles. The Bertz CT molecular complexity index is 288. The van der Waals surface area contributed by atoms with Gasteiger partial charge in [0.05, 0.1) is 5.56 Å². The van der Waals surface area contributed by atoms with Crippen LogP contribution in [0.4, 0.5) is 26.3 Å². The summed E-state index contributed by atoms with van der Waals surface area (Å²) in [5.41, 5.74) is -0.991. The van der Waals surface area contributed by atoms with E-state index in [2.05, 4.69) is 15.9 Å². The van der Waals surface area contributed by atoms with Crippen LogP contribution in [0, 0.1) is 5.82 Å². The molecule has 0 saturated heterocycles. The zero-order chi connectivity index (χ0) is 12.1. The molecule has 86 valence electrons. The zero-order valence-corrected chi connectivity index (χ0v) is 8.67. The first-order valence-electron chi connectivity index (χ1n) is 3.46. The summed E-state index contributed by atoms with van der Waals surface area (Å²) in [5, 5.41) is 0. The standard InChI is InChI=1S/C7H3BrF4.CH2F2/c8-5-1-4(7(10,11)12)2-6(9)3-5;2-1-3/h1-3H;1H2. The number of hydrogen-bond acceptors (Lipinski definition) is 0.